The summed E-state index contributed by atoms with van der Waals surface area (Å²) < 4.78 is 0. The van der Waals surface area contributed by atoms with Gasteiger partial charge in [-0.2, -0.15) is 0 Å². The quantitative estimate of drug-likeness (QED) is 0.189. The van der Waals surface area contributed by atoms with Crippen LogP contribution in [0.4, 0.5) is 0 Å². The maximum absolute atomic E-state index is 2.94. The molecule has 38 heavy (non-hydrogen) atoms. The van der Waals surface area contributed by atoms with Crippen molar-refractivity contribution in [2.45, 2.75) is 207 Å². The fraction of sp³-hybridized carbons (Fsp3) is 1.00. The summed E-state index contributed by atoms with van der Waals surface area (Å²) in [4.78, 5) is 0. The standard InChI is InChI=1S/C32H74Si6/c1-21-31(19)37-33(23(3)4,24(5)6)35(27(11)12,28(13)14)38(37,32(20)22-2)36(29(15)16,30(17)18)34(37,25(7)8)26(9)10/h23-32H,21-22H2,1-20H3/t31-,32?,37?,38?/m0/s1. The molecular formula is C32H74Si6. The van der Waals surface area contributed by atoms with Crippen LogP contribution in [-0.4, -0.2) is 41.7 Å². The van der Waals surface area contributed by atoms with Crippen molar-refractivity contribution in [2.75, 3.05) is 0 Å². The van der Waals surface area contributed by atoms with Crippen molar-refractivity contribution in [1.29, 1.82) is 0 Å². The molecule has 2 rings (SSSR count). The summed E-state index contributed by atoms with van der Waals surface area (Å²) in [5.74, 6) is 0. The maximum Gasteiger partial charge on any atom is 0.0403 e. The molecule has 0 aromatic carbocycles. The van der Waals surface area contributed by atoms with Crippen LogP contribution in [0.2, 0.25) is 55.4 Å². The molecule has 0 saturated carbocycles. The van der Waals surface area contributed by atoms with Gasteiger partial charge in [-0.25, -0.2) is 0 Å². The average molecular weight is 627 g/mol. The molecule has 2 saturated heterocycles. The predicted molar refractivity (Wildman–Crippen MR) is 195 cm³/mol. The summed E-state index contributed by atoms with van der Waals surface area (Å²) in [5, 5.41) is 0. The van der Waals surface area contributed by atoms with Crippen molar-refractivity contribution in [3.05, 3.63) is 0 Å². The molecule has 0 aromatic heterocycles. The van der Waals surface area contributed by atoms with Crippen LogP contribution in [0, 0.1) is 0 Å². The van der Waals surface area contributed by atoms with Gasteiger partial charge in [-0.3, -0.25) is 0 Å². The molecule has 0 N–H and O–H groups in total. The second kappa shape index (κ2) is 11.1. The summed E-state index contributed by atoms with van der Waals surface area (Å²) in [6.45, 7) is 53.6. The lowest BCUT2D eigenvalue weighted by molar-refractivity contribution is 0.793. The fourth-order valence-electron chi connectivity index (χ4n) is 16.3. The smallest absolute Gasteiger partial charge is 0.0403 e. The van der Waals surface area contributed by atoms with E-state index >= 15 is 0 Å². The molecule has 2 fully saturated rings. The summed E-state index contributed by atoms with van der Waals surface area (Å²) in [5.41, 5.74) is 10.2. The van der Waals surface area contributed by atoms with Gasteiger partial charge in [-0.15, -0.1) is 0 Å². The molecule has 0 radical (unpaired) electrons. The van der Waals surface area contributed by atoms with E-state index in [0.717, 1.165) is 55.4 Å². The molecule has 226 valence electrons. The van der Waals surface area contributed by atoms with Crippen molar-refractivity contribution in [3.8, 4) is 0 Å². The van der Waals surface area contributed by atoms with Crippen molar-refractivity contribution < 1.29 is 0 Å². The van der Waals surface area contributed by atoms with Crippen molar-refractivity contribution in [2.24, 2.45) is 0 Å². The Morgan fingerprint density at radius 1 is 0.289 bits per heavy atom. The van der Waals surface area contributed by atoms with E-state index in [1.54, 1.807) is 0 Å². The van der Waals surface area contributed by atoms with E-state index in [9.17, 15) is 0 Å². The zero-order chi connectivity index (χ0) is 30.2. The Morgan fingerprint density at radius 3 is 0.500 bits per heavy atom. The van der Waals surface area contributed by atoms with E-state index < -0.39 is 41.7 Å². The first kappa shape index (κ1) is 35.5. The number of rotatable bonds is 12. The normalized spacial score (nSPS) is 30.9. The van der Waals surface area contributed by atoms with Gasteiger partial charge in [-0.05, 0) is 0 Å². The highest BCUT2D eigenvalue weighted by Gasteiger charge is 3.09. The van der Waals surface area contributed by atoms with Gasteiger partial charge in [0.2, 0.25) is 0 Å². The van der Waals surface area contributed by atoms with Gasteiger partial charge < -0.3 is 0 Å². The minimum Gasteiger partial charge on any atom is -0.0656 e. The molecule has 1 unspecified atom stereocenters. The Kier molecular flexibility index (Phi) is 10.4. The first-order chi connectivity index (χ1) is 17.3. The second-order valence-electron chi connectivity index (χ2n) is 16.9. The van der Waals surface area contributed by atoms with Crippen LogP contribution >= 0.6 is 0 Å². The van der Waals surface area contributed by atoms with Crippen LogP contribution in [0.25, 0.3) is 0 Å². The Labute approximate surface area is 247 Å². The molecule has 2 heterocycles. The molecule has 0 aromatic rings. The zero-order valence-electron chi connectivity index (χ0n) is 30.2. The van der Waals surface area contributed by atoms with Crippen LogP contribution in [0.5, 0.6) is 0 Å². The summed E-state index contributed by atoms with van der Waals surface area (Å²) in [7, 11) is -6.30. The molecule has 2 atom stereocenters. The highest BCUT2D eigenvalue weighted by atomic mass is 30.6. The Morgan fingerprint density at radius 2 is 0.421 bits per heavy atom. The Hall–Kier alpha value is 1.30. The zero-order valence-corrected chi connectivity index (χ0v) is 36.2. The number of hydrogen-bond acceptors (Lipinski definition) is 0. The summed E-state index contributed by atoms with van der Waals surface area (Å²) in [6.07, 6.45) is 3.00. The first-order valence-electron chi connectivity index (χ1n) is 17.3. The van der Waals surface area contributed by atoms with Gasteiger partial charge >= 0.3 is 0 Å². The van der Waals surface area contributed by atoms with Crippen molar-refractivity contribution >= 4 is 41.7 Å². The van der Waals surface area contributed by atoms with Crippen molar-refractivity contribution in [3.63, 3.8) is 0 Å². The van der Waals surface area contributed by atoms with Crippen LogP contribution < -0.4 is 0 Å². The maximum atomic E-state index is 2.94. The van der Waals surface area contributed by atoms with E-state index in [0.29, 0.717) is 0 Å². The van der Waals surface area contributed by atoms with Gasteiger partial charge in [0.15, 0.2) is 0 Å². The Bertz CT molecular complexity index is 672. The van der Waals surface area contributed by atoms with E-state index in [4.69, 9.17) is 0 Å². The molecule has 0 bridgehead atoms. The average Bonchev–Trinajstić information content (AvgIpc) is 2.75. The van der Waals surface area contributed by atoms with E-state index in [1.165, 1.54) is 12.8 Å². The van der Waals surface area contributed by atoms with Gasteiger partial charge in [0.25, 0.3) is 0 Å². The fourth-order valence-corrected chi connectivity index (χ4v) is 436. The molecule has 2 aliphatic rings. The molecule has 0 spiro atoms. The second-order valence-corrected chi connectivity index (χ2v) is 87.4. The summed E-state index contributed by atoms with van der Waals surface area (Å²) >= 11 is 0. The van der Waals surface area contributed by atoms with Gasteiger partial charge in [0.1, 0.15) is 0 Å². The molecular weight excluding hydrogens is 553 g/mol. The topological polar surface area (TPSA) is 0 Å². The molecule has 0 aliphatic carbocycles. The third-order valence-corrected chi connectivity index (χ3v) is 211. The third-order valence-electron chi connectivity index (χ3n) is 14.6. The lowest BCUT2D eigenvalue weighted by Crippen LogP contribution is -3.31. The number of hydrogen-bond donors (Lipinski definition) is 0. The van der Waals surface area contributed by atoms with Gasteiger partial charge in [0.05, 0.1) is 0 Å². The lowest BCUT2D eigenvalue weighted by atomic mass is 10.4. The van der Waals surface area contributed by atoms with Crippen molar-refractivity contribution in [1.82, 2.24) is 0 Å². The molecule has 0 amide bonds. The van der Waals surface area contributed by atoms with Gasteiger partial charge in [-0.1, -0.05) is 207 Å². The first-order valence-corrected chi connectivity index (χ1v) is 37.0. The van der Waals surface area contributed by atoms with Crippen LogP contribution in [-0.2, 0) is 0 Å². The third kappa shape index (κ3) is 2.99. The monoisotopic (exact) mass is 626 g/mol. The number of fused-ring (bicyclic) bond motifs is 1. The van der Waals surface area contributed by atoms with E-state index in [-0.39, 0.29) is 0 Å². The predicted octanol–water partition coefficient (Wildman–Crippen LogP) is 12.1. The molecule has 2 aliphatic heterocycles. The molecule has 6 heteroatoms. The SMILES string of the molecule is CCC(C)[Si]12[Si](C(C)C)(C(C)C)[Si](C(C)C)(C(C)C)[Si]1([C@@H](C)CC)[Si](C(C)C)(C(C)C)[Si]2(C(C)C)C(C)C. The minimum absolute atomic E-state index is 1.00. The largest absolute Gasteiger partial charge is 0.0656 e. The van der Waals surface area contributed by atoms with Gasteiger partial charge in [0, 0.05) is 41.7 Å². The molecule has 0 nitrogen and oxygen atoms in total. The van der Waals surface area contributed by atoms with Crippen LogP contribution in [0.15, 0.2) is 0 Å². The lowest BCUT2D eigenvalue weighted by Gasteiger charge is -3.04. The Balaban J connectivity index is 3.65. The highest BCUT2D eigenvalue weighted by Crippen LogP contribution is 2.87. The van der Waals surface area contributed by atoms with Crippen LogP contribution in [0.1, 0.15) is 151 Å². The van der Waals surface area contributed by atoms with Crippen LogP contribution in [0.3, 0.4) is 0 Å². The summed E-state index contributed by atoms with van der Waals surface area (Å²) in [6, 6.07) is 0. The highest BCUT2D eigenvalue weighted by molar-refractivity contribution is 8.46. The minimum atomic E-state index is -1.57. The van der Waals surface area contributed by atoms with E-state index in [1.807, 2.05) is 0 Å². The van der Waals surface area contributed by atoms with E-state index in [2.05, 4.69) is 138 Å².